The van der Waals surface area contributed by atoms with Crippen molar-refractivity contribution < 1.29 is 4.42 Å². The molecule has 1 N–H and O–H groups in total. The van der Waals surface area contributed by atoms with Crippen LogP contribution in [-0.4, -0.2) is 23.6 Å². The average molecular weight is 279 g/mol. The van der Waals surface area contributed by atoms with E-state index in [0.29, 0.717) is 5.41 Å². The molecule has 114 valence electrons. The maximum atomic E-state index is 5.67. The van der Waals surface area contributed by atoms with E-state index in [4.69, 9.17) is 4.42 Å². The maximum Gasteiger partial charge on any atom is 0.297 e. The summed E-state index contributed by atoms with van der Waals surface area (Å²) >= 11 is 0. The molecule has 2 heterocycles. The number of rotatable bonds is 3. The van der Waals surface area contributed by atoms with Crippen LogP contribution in [0.25, 0.3) is 0 Å². The molecule has 1 aliphatic heterocycles. The molecule has 0 bridgehead atoms. The summed E-state index contributed by atoms with van der Waals surface area (Å²) in [5.74, 6) is 0. The van der Waals surface area contributed by atoms with E-state index < -0.39 is 0 Å². The van der Waals surface area contributed by atoms with Crippen LogP contribution in [0.4, 0.5) is 6.01 Å². The fourth-order valence-corrected chi connectivity index (χ4v) is 2.49. The van der Waals surface area contributed by atoms with Crippen LogP contribution in [0, 0.1) is 5.41 Å². The number of anilines is 1. The van der Waals surface area contributed by atoms with E-state index in [-0.39, 0.29) is 5.54 Å². The minimum atomic E-state index is 0.103. The van der Waals surface area contributed by atoms with E-state index >= 15 is 0 Å². The molecule has 2 rings (SSSR count). The lowest BCUT2D eigenvalue weighted by Gasteiger charge is -2.22. The molecule has 0 aliphatic carbocycles. The molecule has 4 nitrogen and oxygen atoms in total. The van der Waals surface area contributed by atoms with Gasteiger partial charge in [-0.2, -0.15) is 4.98 Å². The lowest BCUT2D eigenvalue weighted by Crippen LogP contribution is -2.35. The van der Waals surface area contributed by atoms with E-state index in [0.717, 1.165) is 31.3 Å². The fraction of sp³-hybridized carbons (Fsp3) is 0.812. The molecule has 1 aromatic heterocycles. The molecule has 1 aliphatic rings. The Morgan fingerprint density at radius 3 is 2.75 bits per heavy atom. The Balaban J connectivity index is 1.95. The predicted octanol–water partition coefficient (Wildman–Crippen LogP) is 3.58. The van der Waals surface area contributed by atoms with Crippen LogP contribution in [0.3, 0.4) is 0 Å². The van der Waals surface area contributed by atoms with Crippen molar-refractivity contribution in [2.75, 3.05) is 18.0 Å². The van der Waals surface area contributed by atoms with Crippen LogP contribution in [0.2, 0.25) is 0 Å². The largest absolute Gasteiger partial charge is 0.432 e. The highest BCUT2D eigenvalue weighted by atomic mass is 16.4. The zero-order valence-corrected chi connectivity index (χ0v) is 13.6. The highest BCUT2D eigenvalue weighted by Gasteiger charge is 2.25. The van der Waals surface area contributed by atoms with E-state index in [9.17, 15) is 0 Å². The van der Waals surface area contributed by atoms with Gasteiger partial charge in [0.25, 0.3) is 6.01 Å². The average Bonchev–Trinajstić information content (AvgIpc) is 2.71. The molecular weight excluding hydrogens is 250 g/mol. The summed E-state index contributed by atoms with van der Waals surface area (Å²) in [6.07, 6.45) is 5.47. The summed E-state index contributed by atoms with van der Waals surface area (Å²) in [5, 5.41) is 3.44. The first-order valence-corrected chi connectivity index (χ1v) is 7.70. The van der Waals surface area contributed by atoms with Gasteiger partial charge < -0.3 is 14.6 Å². The standard InChI is InChI=1S/C16H29N3O/c1-15(2,3)17-11-13-12-20-14(18-13)19-9-6-7-16(4,5)8-10-19/h12,17H,6-11H2,1-5H3. The van der Waals surface area contributed by atoms with Crippen molar-refractivity contribution in [3.8, 4) is 0 Å². The van der Waals surface area contributed by atoms with Crippen molar-refractivity contribution >= 4 is 6.01 Å². The Kier molecular flexibility index (Phi) is 4.43. The van der Waals surface area contributed by atoms with Crippen molar-refractivity contribution in [2.24, 2.45) is 5.41 Å². The number of nitrogens with one attached hydrogen (secondary N) is 1. The highest BCUT2D eigenvalue weighted by molar-refractivity contribution is 5.27. The first-order chi connectivity index (χ1) is 9.25. The van der Waals surface area contributed by atoms with Gasteiger partial charge >= 0.3 is 0 Å². The summed E-state index contributed by atoms with van der Waals surface area (Å²) in [5.41, 5.74) is 1.53. The molecule has 1 aromatic rings. The van der Waals surface area contributed by atoms with Gasteiger partial charge in [-0.3, -0.25) is 0 Å². The number of hydrogen-bond donors (Lipinski definition) is 1. The van der Waals surface area contributed by atoms with E-state index in [1.165, 1.54) is 19.3 Å². The van der Waals surface area contributed by atoms with E-state index in [1.807, 2.05) is 0 Å². The predicted molar refractivity (Wildman–Crippen MR) is 82.9 cm³/mol. The Morgan fingerprint density at radius 1 is 1.30 bits per heavy atom. The lowest BCUT2D eigenvalue weighted by atomic mass is 9.85. The van der Waals surface area contributed by atoms with Gasteiger partial charge in [0.1, 0.15) is 6.26 Å². The maximum absolute atomic E-state index is 5.67. The topological polar surface area (TPSA) is 41.3 Å². The number of nitrogens with zero attached hydrogens (tertiary/aromatic N) is 2. The van der Waals surface area contributed by atoms with Gasteiger partial charge in [-0.25, -0.2) is 0 Å². The summed E-state index contributed by atoms with van der Waals surface area (Å²) in [6, 6.07) is 0.786. The Labute approximate surface area is 122 Å². The first-order valence-electron chi connectivity index (χ1n) is 7.70. The minimum absolute atomic E-state index is 0.103. The second-order valence-corrected chi connectivity index (χ2v) is 7.73. The molecule has 1 fully saturated rings. The van der Waals surface area contributed by atoms with Gasteiger partial charge in [0.2, 0.25) is 0 Å². The highest BCUT2D eigenvalue weighted by Crippen LogP contribution is 2.31. The SMILES string of the molecule is CC1(C)CCCN(c2nc(CNC(C)(C)C)co2)CC1. The van der Waals surface area contributed by atoms with Crippen molar-refractivity contribution in [1.29, 1.82) is 0 Å². The first kappa shape index (κ1) is 15.4. The van der Waals surface area contributed by atoms with Crippen molar-refractivity contribution in [1.82, 2.24) is 10.3 Å². The monoisotopic (exact) mass is 279 g/mol. The van der Waals surface area contributed by atoms with Gasteiger partial charge in [0, 0.05) is 25.2 Å². The van der Waals surface area contributed by atoms with Crippen molar-refractivity contribution in [2.45, 2.75) is 66.0 Å². The molecule has 20 heavy (non-hydrogen) atoms. The Hall–Kier alpha value is -1.03. The van der Waals surface area contributed by atoms with Gasteiger partial charge in [-0.05, 0) is 45.4 Å². The Morgan fingerprint density at radius 2 is 2.05 bits per heavy atom. The van der Waals surface area contributed by atoms with Crippen molar-refractivity contribution in [3.05, 3.63) is 12.0 Å². The van der Waals surface area contributed by atoms with Crippen LogP contribution >= 0.6 is 0 Å². The summed E-state index contributed by atoms with van der Waals surface area (Å²) < 4.78 is 5.67. The minimum Gasteiger partial charge on any atom is -0.432 e. The number of hydrogen-bond acceptors (Lipinski definition) is 4. The van der Waals surface area contributed by atoms with Gasteiger partial charge in [-0.15, -0.1) is 0 Å². The van der Waals surface area contributed by atoms with E-state index in [1.54, 1.807) is 6.26 Å². The molecule has 0 radical (unpaired) electrons. The molecule has 0 saturated carbocycles. The van der Waals surface area contributed by atoms with Crippen LogP contribution in [0.15, 0.2) is 10.7 Å². The molecule has 0 spiro atoms. The van der Waals surface area contributed by atoms with Gasteiger partial charge in [-0.1, -0.05) is 13.8 Å². The second kappa shape index (κ2) is 5.76. The molecule has 1 saturated heterocycles. The third-order valence-electron chi connectivity index (χ3n) is 3.95. The quantitative estimate of drug-likeness (QED) is 0.918. The molecular formula is C16H29N3O. The molecule has 0 amide bonds. The Bertz CT molecular complexity index is 431. The van der Waals surface area contributed by atoms with Gasteiger partial charge in [0.05, 0.1) is 5.69 Å². The van der Waals surface area contributed by atoms with Crippen LogP contribution in [-0.2, 0) is 6.54 Å². The molecule has 4 heteroatoms. The third kappa shape index (κ3) is 4.51. The smallest absolute Gasteiger partial charge is 0.297 e. The summed E-state index contributed by atoms with van der Waals surface area (Å²) in [4.78, 5) is 6.91. The zero-order chi connectivity index (χ0) is 14.8. The van der Waals surface area contributed by atoms with E-state index in [2.05, 4.69) is 49.8 Å². The molecule has 0 unspecified atom stereocenters. The summed E-state index contributed by atoms with van der Waals surface area (Å²) in [7, 11) is 0. The second-order valence-electron chi connectivity index (χ2n) is 7.73. The fourth-order valence-electron chi connectivity index (χ4n) is 2.49. The number of aromatic nitrogens is 1. The van der Waals surface area contributed by atoms with Crippen LogP contribution in [0.5, 0.6) is 0 Å². The summed E-state index contributed by atoms with van der Waals surface area (Å²) in [6.45, 7) is 14.0. The number of oxazole rings is 1. The normalized spacial score (nSPS) is 19.9. The zero-order valence-electron chi connectivity index (χ0n) is 13.6. The van der Waals surface area contributed by atoms with Gasteiger partial charge in [0.15, 0.2) is 0 Å². The molecule has 0 atom stereocenters. The molecule has 0 aromatic carbocycles. The third-order valence-corrected chi connectivity index (χ3v) is 3.95. The van der Waals surface area contributed by atoms with Crippen molar-refractivity contribution in [3.63, 3.8) is 0 Å². The lowest BCUT2D eigenvalue weighted by molar-refractivity contribution is 0.324. The van der Waals surface area contributed by atoms with Crippen LogP contribution in [0.1, 0.15) is 59.6 Å². The van der Waals surface area contributed by atoms with Crippen LogP contribution < -0.4 is 10.2 Å².